The number of hydrogen-bond donors (Lipinski definition) is 4. The Morgan fingerprint density at radius 2 is 2.14 bits per heavy atom. The first kappa shape index (κ1) is 22.6. The molecule has 6 nitrogen and oxygen atoms in total. The van der Waals surface area contributed by atoms with Crippen LogP contribution in [0.15, 0.2) is 52.2 Å². The molecule has 0 saturated carbocycles. The minimum Gasteiger partial charge on any atom is -0.466 e. The second-order valence-electron chi connectivity index (χ2n) is 6.63. The first-order valence-corrected chi connectivity index (χ1v) is 9.41. The van der Waals surface area contributed by atoms with Crippen molar-refractivity contribution in [2.24, 2.45) is 4.99 Å². The highest BCUT2D eigenvalue weighted by Crippen LogP contribution is 2.23. The average molecular weight is 517 g/mol. The molecule has 2 aromatic heterocycles. The molecule has 0 spiro atoms. The zero-order valence-corrected chi connectivity index (χ0v) is 19.0. The first-order valence-electron chi connectivity index (χ1n) is 9.03. The van der Waals surface area contributed by atoms with Crippen LogP contribution < -0.4 is 10.6 Å². The molecule has 0 aliphatic heterocycles. The Labute approximate surface area is 186 Å². The summed E-state index contributed by atoms with van der Waals surface area (Å²) in [5.74, 6) is 1.15. The van der Waals surface area contributed by atoms with Gasteiger partial charge in [0.25, 0.3) is 0 Å². The number of rotatable bonds is 7. The monoisotopic (exact) mass is 516 g/mol. The van der Waals surface area contributed by atoms with Crippen LogP contribution in [0.5, 0.6) is 0 Å². The van der Waals surface area contributed by atoms with E-state index in [-0.39, 0.29) is 30.5 Å². The van der Waals surface area contributed by atoms with E-state index in [0.29, 0.717) is 18.3 Å². The highest BCUT2D eigenvalue weighted by atomic mass is 127. The number of fused-ring (bicyclic) bond motifs is 1. The van der Waals surface area contributed by atoms with Crippen molar-refractivity contribution in [3.05, 3.63) is 59.1 Å². The minimum atomic E-state index is -1.15. The van der Waals surface area contributed by atoms with Crippen molar-refractivity contribution in [2.75, 3.05) is 19.6 Å². The molecule has 1 aromatic carbocycles. The molecule has 0 amide bonds. The maximum Gasteiger partial charge on any atom is 0.191 e. The lowest BCUT2D eigenvalue weighted by Crippen LogP contribution is -2.39. The number of aliphatic imine (C=N–C) groups is 1. The summed E-state index contributed by atoms with van der Waals surface area (Å²) in [6, 6.07) is 9.34. The summed E-state index contributed by atoms with van der Waals surface area (Å²) in [7, 11) is 0. The number of nitrogens with one attached hydrogen (secondary N) is 3. The molecule has 4 N–H and O–H groups in total. The van der Waals surface area contributed by atoms with Gasteiger partial charge in [-0.05, 0) is 56.2 Å². The number of H-pyrrole nitrogens is 1. The summed E-state index contributed by atoms with van der Waals surface area (Å²) in [5.41, 5.74) is 1.11. The average Bonchev–Trinajstić information content (AvgIpc) is 3.30. The molecule has 1 atom stereocenters. The molecule has 1 unspecified atom stereocenters. The number of furan rings is 1. The van der Waals surface area contributed by atoms with Crippen molar-refractivity contribution in [1.82, 2.24) is 15.6 Å². The van der Waals surface area contributed by atoms with E-state index >= 15 is 0 Å². The molecule has 0 bridgehead atoms. The fraction of sp³-hybridized carbons (Fsp3) is 0.350. The van der Waals surface area contributed by atoms with Gasteiger partial charge >= 0.3 is 0 Å². The van der Waals surface area contributed by atoms with E-state index in [1.807, 2.05) is 31.3 Å². The smallest absolute Gasteiger partial charge is 0.191 e. The molecule has 3 rings (SSSR count). The zero-order chi connectivity index (χ0) is 19.3. The van der Waals surface area contributed by atoms with Crippen molar-refractivity contribution in [2.45, 2.75) is 25.9 Å². The van der Waals surface area contributed by atoms with Crippen molar-refractivity contribution < 1.29 is 9.52 Å². The summed E-state index contributed by atoms with van der Waals surface area (Å²) in [4.78, 5) is 7.76. The number of aliphatic hydroxyl groups is 1. The van der Waals surface area contributed by atoms with Gasteiger partial charge in [-0.2, -0.15) is 0 Å². The van der Waals surface area contributed by atoms with Crippen LogP contribution in [0.25, 0.3) is 10.9 Å². The van der Waals surface area contributed by atoms with Gasteiger partial charge < -0.3 is 25.1 Å². The molecule has 152 valence electrons. The van der Waals surface area contributed by atoms with E-state index < -0.39 is 5.60 Å². The molecular weight excluding hydrogens is 491 g/mol. The summed E-state index contributed by atoms with van der Waals surface area (Å²) in [6.07, 6.45) is 4.37. The van der Waals surface area contributed by atoms with Crippen LogP contribution in [-0.4, -0.2) is 35.7 Å². The highest BCUT2D eigenvalue weighted by molar-refractivity contribution is 14.0. The second-order valence-corrected chi connectivity index (χ2v) is 7.06. The van der Waals surface area contributed by atoms with Gasteiger partial charge in [0.2, 0.25) is 0 Å². The maximum absolute atomic E-state index is 10.5. The Hall–Kier alpha value is -1.71. The van der Waals surface area contributed by atoms with Crippen LogP contribution in [0, 0.1) is 0 Å². The van der Waals surface area contributed by atoms with Crippen LogP contribution in [0.2, 0.25) is 5.02 Å². The van der Waals surface area contributed by atoms with Gasteiger partial charge in [-0.3, -0.25) is 0 Å². The van der Waals surface area contributed by atoms with Gasteiger partial charge in [0, 0.05) is 35.2 Å². The van der Waals surface area contributed by atoms with Gasteiger partial charge in [-0.25, -0.2) is 4.99 Å². The first-order chi connectivity index (χ1) is 13.0. The molecule has 0 fully saturated rings. The van der Waals surface area contributed by atoms with Crippen LogP contribution in [0.3, 0.4) is 0 Å². The highest BCUT2D eigenvalue weighted by Gasteiger charge is 2.26. The number of guanidine groups is 1. The van der Waals surface area contributed by atoms with E-state index in [1.165, 1.54) is 5.56 Å². The van der Waals surface area contributed by atoms with Crippen molar-refractivity contribution >= 4 is 52.4 Å². The number of nitrogens with zero attached hydrogens (tertiary/aromatic N) is 1. The quantitative estimate of drug-likeness (QED) is 0.217. The summed E-state index contributed by atoms with van der Waals surface area (Å²) >= 11 is 6.11. The Kier molecular flexibility index (Phi) is 8.21. The lowest BCUT2D eigenvalue weighted by molar-refractivity contribution is 0.0437. The summed E-state index contributed by atoms with van der Waals surface area (Å²) in [5, 5.41) is 18.9. The van der Waals surface area contributed by atoms with Crippen LogP contribution >= 0.6 is 35.6 Å². The van der Waals surface area contributed by atoms with E-state index in [2.05, 4.69) is 20.6 Å². The molecule has 0 radical (unpaired) electrons. The van der Waals surface area contributed by atoms with Crippen LogP contribution in [-0.2, 0) is 12.0 Å². The van der Waals surface area contributed by atoms with Crippen LogP contribution in [0.1, 0.15) is 25.2 Å². The van der Waals surface area contributed by atoms with Gasteiger partial charge in [0.15, 0.2) is 5.96 Å². The molecule has 8 heteroatoms. The maximum atomic E-state index is 10.5. The molecule has 0 aliphatic carbocycles. The van der Waals surface area contributed by atoms with Crippen molar-refractivity contribution in [3.8, 4) is 0 Å². The third-order valence-electron chi connectivity index (χ3n) is 4.36. The Bertz CT molecular complexity index is 906. The number of hydrogen-bond acceptors (Lipinski definition) is 3. The van der Waals surface area contributed by atoms with Gasteiger partial charge in [0.1, 0.15) is 11.4 Å². The molecule has 0 saturated heterocycles. The predicted molar refractivity (Wildman–Crippen MR) is 125 cm³/mol. The lowest BCUT2D eigenvalue weighted by Gasteiger charge is -2.19. The summed E-state index contributed by atoms with van der Waals surface area (Å²) < 4.78 is 5.30. The number of benzene rings is 1. The van der Waals surface area contributed by atoms with Crippen molar-refractivity contribution in [1.29, 1.82) is 0 Å². The normalized spacial score (nSPS) is 13.8. The molecular formula is C20H26ClIN4O2. The van der Waals surface area contributed by atoms with Crippen molar-refractivity contribution in [3.63, 3.8) is 0 Å². The van der Waals surface area contributed by atoms with E-state index in [1.54, 1.807) is 25.3 Å². The fourth-order valence-electron chi connectivity index (χ4n) is 2.91. The second kappa shape index (κ2) is 10.2. The van der Waals surface area contributed by atoms with E-state index in [4.69, 9.17) is 16.0 Å². The van der Waals surface area contributed by atoms with E-state index in [0.717, 1.165) is 28.9 Å². The van der Waals surface area contributed by atoms with E-state index in [9.17, 15) is 5.11 Å². The van der Waals surface area contributed by atoms with Gasteiger partial charge in [-0.15, -0.1) is 24.0 Å². The molecule has 2 heterocycles. The third kappa shape index (κ3) is 5.65. The standard InChI is InChI=1S/C20H25ClN4O2.HI/c1-3-22-19(25-13-20(2,26)18-5-4-10-27-18)23-9-8-14-12-24-17-7-6-15(21)11-16(14)17;/h4-7,10-12,24,26H,3,8-9,13H2,1-2H3,(H2,22,23,25);1H. The summed E-state index contributed by atoms with van der Waals surface area (Å²) in [6.45, 7) is 5.32. The molecule has 0 aliphatic rings. The lowest BCUT2D eigenvalue weighted by atomic mass is 10.0. The van der Waals surface area contributed by atoms with Gasteiger partial charge in [0.05, 0.1) is 12.8 Å². The predicted octanol–water partition coefficient (Wildman–Crippen LogP) is 4.04. The molecule has 28 heavy (non-hydrogen) atoms. The number of halogens is 2. The Morgan fingerprint density at radius 3 is 2.86 bits per heavy atom. The Balaban J connectivity index is 0.00000280. The Morgan fingerprint density at radius 1 is 1.32 bits per heavy atom. The molecule has 3 aromatic rings. The largest absolute Gasteiger partial charge is 0.466 e. The minimum absolute atomic E-state index is 0. The van der Waals surface area contributed by atoms with Gasteiger partial charge in [-0.1, -0.05) is 11.6 Å². The van der Waals surface area contributed by atoms with Crippen LogP contribution in [0.4, 0.5) is 0 Å². The third-order valence-corrected chi connectivity index (χ3v) is 4.59. The number of aromatic amines is 1. The zero-order valence-electron chi connectivity index (χ0n) is 16.0. The SMILES string of the molecule is CCNC(=NCC(C)(O)c1ccco1)NCCc1c[nH]c2ccc(Cl)cc12.I. The topological polar surface area (TPSA) is 85.6 Å². The number of aromatic nitrogens is 1. The fourth-order valence-corrected chi connectivity index (χ4v) is 3.08.